The molecule has 0 N–H and O–H groups in total. The van der Waals surface area contributed by atoms with Crippen LogP contribution >= 0.6 is 0 Å². The molecule has 0 bridgehead atoms. The van der Waals surface area contributed by atoms with Crippen LogP contribution in [0.1, 0.15) is 47.9 Å². The molecule has 0 nitrogen and oxygen atoms in total. The molecule has 2 aromatic carbocycles. The largest absolute Gasteiger partial charge is 1.00 e. The molecule has 3 unspecified atom stereocenters. The Morgan fingerprint density at radius 2 is 1.48 bits per heavy atom. The van der Waals surface area contributed by atoms with E-state index in [1.54, 1.807) is 5.57 Å². The molecule has 0 aromatic heterocycles. The van der Waals surface area contributed by atoms with Gasteiger partial charge in [-0.15, -0.1) is 0 Å². The molecule has 4 rings (SSSR count). The van der Waals surface area contributed by atoms with Crippen molar-refractivity contribution in [1.29, 1.82) is 0 Å². The van der Waals surface area contributed by atoms with Crippen LogP contribution in [0.4, 0.5) is 0 Å². The van der Waals surface area contributed by atoms with Gasteiger partial charge in [0.05, 0.1) is 0 Å². The summed E-state index contributed by atoms with van der Waals surface area (Å²) in [5.41, 5.74) is 7.29. The van der Waals surface area contributed by atoms with Crippen LogP contribution in [0.3, 0.4) is 0 Å². The molecular formula is C25H27Cl3Ti. The van der Waals surface area contributed by atoms with Gasteiger partial charge in [-0.3, -0.25) is 0 Å². The van der Waals surface area contributed by atoms with Gasteiger partial charge in [-0.25, -0.2) is 0 Å². The van der Waals surface area contributed by atoms with Crippen molar-refractivity contribution in [3.63, 3.8) is 0 Å². The van der Waals surface area contributed by atoms with Gasteiger partial charge in [0.25, 0.3) is 0 Å². The fourth-order valence-corrected chi connectivity index (χ4v) is 6.30. The van der Waals surface area contributed by atoms with E-state index >= 15 is 0 Å². The van der Waals surface area contributed by atoms with Crippen LogP contribution in [0.25, 0.3) is 0 Å². The second-order valence-corrected chi connectivity index (χ2v) is 9.54. The molecule has 3 atom stereocenters. The molecule has 0 heterocycles. The maximum atomic E-state index is 2.53. The van der Waals surface area contributed by atoms with E-state index in [0.29, 0.717) is 11.8 Å². The third kappa shape index (κ3) is 4.89. The Bertz CT molecular complexity index is 844. The summed E-state index contributed by atoms with van der Waals surface area (Å²) in [5, 5.41) is 0. The summed E-state index contributed by atoms with van der Waals surface area (Å²) in [6, 6.07) is 18.3. The molecule has 29 heavy (non-hydrogen) atoms. The van der Waals surface area contributed by atoms with Crippen molar-refractivity contribution in [3.05, 3.63) is 94.6 Å². The van der Waals surface area contributed by atoms with Gasteiger partial charge < -0.3 is 37.2 Å². The zero-order chi connectivity index (χ0) is 18.3. The van der Waals surface area contributed by atoms with E-state index in [1.165, 1.54) is 35.1 Å². The Labute approximate surface area is 206 Å². The molecular weight excluding hydrogens is 455 g/mol. The molecule has 1 saturated carbocycles. The van der Waals surface area contributed by atoms with Crippen molar-refractivity contribution in [2.75, 3.05) is 0 Å². The van der Waals surface area contributed by atoms with Crippen LogP contribution in [0.15, 0.2) is 72.3 Å². The van der Waals surface area contributed by atoms with Crippen LogP contribution in [0.2, 0.25) is 3.72 Å². The molecule has 0 aliphatic heterocycles. The van der Waals surface area contributed by atoms with E-state index in [4.69, 9.17) is 0 Å². The van der Waals surface area contributed by atoms with Crippen molar-refractivity contribution in [3.8, 4) is 0 Å². The fourth-order valence-electron chi connectivity index (χ4n) is 5.14. The Morgan fingerprint density at radius 1 is 0.931 bits per heavy atom. The van der Waals surface area contributed by atoms with Gasteiger partial charge in [-0.05, 0) is 0 Å². The topological polar surface area (TPSA) is 0 Å². The smallest absolute Gasteiger partial charge is 1.00 e. The zero-order valence-electron chi connectivity index (χ0n) is 17.1. The van der Waals surface area contributed by atoms with Gasteiger partial charge in [0, 0.05) is 0 Å². The number of fused-ring (bicyclic) bond motifs is 1. The van der Waals surface area contributed by atoms with E-state index < -0.39 is 0 Å². The first kappa shape index (κ1) is 26.5. The number of hydrogen-bond donors (Lipinski definition) is 0. The van der Waals surface area contributed by atoms with E-state index in [9.17, 15) is 0 Å². The molecule has 0 saturated heterocycles. The first-order valence-corrected chi connectivity index (χ1v) is 10.5. The summed E-state index contributed by atoms with van der Waals surface area (Å²) >= 11 is 2.53. The molecule has 4 heteroatoms. The van der Waals surface area contributed by atoms with Gasteiger partial charge >= 0.3 is 170 Å². The van der Waals surface area contributed by atoms with Crippen molar-refractivity contribution in [2.24, 2.45) is 11.8 Å². The number of hydrogen-bond acceptors (Lipinski definition) is 0. The molecule has 1 fully saturated rings. The normalized spacial score (nSPS) is 24.7. The van der Waals surface area contributed by atoms with Gasteiger partial charge in [0.1, 0.15) is 0 Å². The summed E-state index contributed by atoms with van der Waals surface area (Å²) in [7, 11) is 0. The molecule has 2 aliphatic rings. The maximum absolute atomic E-state index is 2.53. The average molecular weight is 482 g/mol. The summed E-state index contributed by atoms with van der Waals surface area (Å²) in [6.45, 7) is 6.89. The number of aryl methyl sites for hydroxylation is 2. The Morgan fingerprint density at radius 3 is 2.00 bits per heavy atom. The number of benzene rings is 2. The Balaban J connectivity index is 0.00000140. The summed E-state index contributed by atoms with van der Waals surface area (Å²) in [6.07, 6.45) is 9.57. The molecule has 2 aromatic rings. The van der Waals surface area contributed by atoms with E-state index in [-0.39, 0.29) is 40.9 Å². The minimum absolute atomic E-state index is 0. The standard InChI is InChI=1S/C25H27.3ClH.Ti/c1-17-8-6-11-21(14-17)25(22-12-7-9-18(2)15-22)24-19(3)16-20-10-4-5-13-23(20)24;;;;/h4-9,11-15,19-20,25H,10,16H2,1-3H3;3*1H;/q;;;;+3/p-3. The predicted molar refractivity (Wildman–Crippen MR) is 106 cm³/mol. The quantitative estimate of drug-likeness (QED) is 0.433. The van der Waals surface area contributed by atoms with Crippen molar-refractivity contribution in [1.82, 2.24) is 0 Å². The van der Waals surface area contributed by atoms with E-state index in [0.717, 1.165) is 5.92 Å². The minimum atomic E-state index is 0. The molecule has 0 radical (unpaired) electrons. The average Bonchev–Trinajstić information content (AvgIpc) is 2.87. The molecule has 0 amide bonds. The molecule has 2 aliphatic carbocycles. The monoisotopic (exact) mass is 480 g/mol. The third-order valence-corrected chi connectivity index (χ3v) is 8.04. The summed E-state index contributed by atoms with van der Waals surface area (Å²) < 4.78 is 0.164. The van der Waals surface area contributed by atoms with Gasteiger partial charge in [0.15, 0.2) is 0 Å². The first-order chi connectivity index (χ1) is 12.5. The van der Waals surface area contributed by atoms with Crippen LogP contribution in [-0.2, 0) is 20.4 Å². The van der Waals surface area contributed by atoms with Gasteiger partial charge in [0.2, 0.25) is 0 Å². The second-order valence-electron chi connectivity index (χ2n) is 8.25. The minimum Gasteiger partial charge on any atom is -1.00 e. The SMILES string of the molecule is Cc1cccc(C(c2cccc(C)c2)[C]2([Ti+3])C3=CC=CCC3CC2C)c1.[Cl-].[Cl-].[Cl-]. The van der Waals surface area contributed by atoms with E-state index in [2.05, 4.69) is 108 Å². The Hall–Kier alpha value is -0.496. The Kier molecular flexibility index (Phi) is 9.79. The first-order valence-electron chi connectivity index (χ1n) is 9.75. The summed E-state index contributed by atoms with van der Waals surface area (Å²) in [4.78, 5) is 0. The van der Waals surface area contributed by atoms with Crippen molar-refractivity contribution >= 4 is 0 Å². The van der Waals surface area contributed by atoms with Crippen molar-refractivity contribution < 1.29 is 57.7 Å². The van der Waals surface area contributed by atoms with Crippen LogP contribution in [0.5, 0.6) is 0 Å². The molecule has 0 spiro atoms. The van der Waals surface area contributed by atoms with Crippen LogP contribution < -0.4 is 37.2 Å². The zero-order valence-corrected chi connectivity index (χ0v) is 21.0. The molecule has 152 valence electrons. The number of allylic oxidation sites excluding steroid dienone is 4. The number of halogens is 3. The summed E-state index contributed by atoms with van der Waals surface area (Å²) in [5.74, 6) is 1.79. The van der Waals surface area contributed by atoms with Crippen LogP contribution in [-0.4, -0.2) is 0 Å². The van der Waals surface area contributed by atoms with Gasteiger partial charge in [-0.2, -0.15) is 0 Å². The second kappa shape index (κ2) is 10.7. The van der Waals surface area contributed by atoms with E-state index in [1.807, 2.05) is 0 Å². The third-order valence-electron chi connectivity index (χ3n) is 6.37. The predicted octanol–water partition coefficient (Wildman–Crippen LogP) is -2.30. The number of rotatable bonds is 3. The van der Waals surface area contributed by atoms with Crippen LogP contribution in [0, 0.1) is 25.7 Å². The fraction of sp³-hybridized carbons (Fsp3) is 0.360. The van der Waals surface area contributed by atoms with Gasteiger partial charge in [-0.1, -0.05) is 0 Å². The van der Waals surface area contributed by atoms with Crippen molar-refractivity contribution in [2.45, 2.75) is 43.3 Å². The maximum Gasteiger partial charge on any atom is -1.00 e.